The maximum absolute atomic E-state index is 12.4. The highest BCUT2D eigenvalue weighted by atomic mass is 35.5. The zero-order valence-corrected chi connectivity index (χ0v) is 12.7. The summed E-state index contributed by atoms with van der Waals surface area (Å²) in [7, 11) is 0. The van der Waals surface area contributed by atoms with Crippen LogP contribution in [0.3, 0.4) is 0 Å². The molecule has 1 aliphatic rings. The zero-order chi connectivity index (χ0) is 14.1. The molecule has 20 heavy (non-hydrogen) atoms. The summed E-state index contributed by atoms with van der Waals surface area (Å²) in [5, 5.41) is 3.64. The van der Waals surface area contributed by atoms with E-state index in [1.165, 1.54) is 4.88 Å². The van der Waals surface area contributed by atoms with Crippen molar-refractivity contribution in [2.45, 2.75) is 26.2 Å². The van der Waals surface area contributed by atoms with Gasteiger partial charge in [-0.1, -0.05) is 17.7 Å². The maximum atomic E-state index is 12.4. The molecule has 3 rings (SSSR count). The number of hydrogen-bond acceptors (Lipinski definition) is 3. The molecule has 5 heteroatoms. The lowest BCUT2D eigenvalue weighted by Gasteiger charge is -2.21. The van der Waals surface area contributed by atoms with E-state index in [1.54, 1.807) is 17.4 Å². The maximum Gasteiger partial charge on any atom is 0.227 e. The van der Waals surface area contributed by atoms with Gasteiger partial charge in [-0.15, -0.1) is 11.3 Å². The van der Waals surface area contributed by atoms with E-state index in [0.29, 0.717) is 5.02 Å². The van der Waals surface area contributed by atoms with Crippen molar-refractivity contribution >= 4 is 34.5 Å². The molecule has 1 amide bonds. The Morgan fingerprint density at radius 2 is 2.35 bits per heavy atom. The minimum Gasteiger partial charge on any atom is -0.326 e. The lowest BCUT2D eigenvalue weighted by Crippen LogP contribution is -2.28. The van der Waals surface area contributed by atoms with E-state index in [1.807, 2.05) is 24.6 Å². The number of fused-ring (bicyclic) bond motifs is 1. The minimum atomic E-state index is 0.0290. The van der Waals surface area contributed by atoms with Gasteiger partial charge in [-0.3, -0.25) is 4.79 Å². The largest absolute Gasteiger partial charge is 0.326 e. The first-order valence-corrected chi connectivity index (χ1v) is 7.87. The van der Waals surface area contributed by atoms with Crippen molar-refractivity contribution < 1.29 is 4.79 Å². The highest BCUT2D eigenvalue weighted by Gasteiger charge is 2.26. The molecule has 1 aromatic heterocycles. The Morgan fingerprint density at radius 3 is 3.20 bits per heavy atom. The van der Waals surface area contributed by atoms with E-state index < -0.39 is 0 Å². The number of nitrogens with zero attached hydrogens (tertiary/aromatic N) is 1. The Bertz CT molecular complexity index is 653. The van der Waals surface area contributed by atoms with Gasteiger partial charge in [0.25, 0.3) is 0 Å². The highest BCUT2D eigenvalue weighted by molar-refractivity contribution is 7.09. The number of aryl methyl sites for hydroxylation is 2. The van der Waals surface area contributed by atoms with Crippen LogP contribution in [0.25, 0.3) is 0 Å². The fraction of sp³-hybridized carbons (Fsp3) is 0.333. The normalized spacial score (nSPS) is 17.6. The summed E-state index contributed by atoms with van der Waals surface area (Å²) in [6.07, 6.45) is 2.55. The SMILES string of the molecule is Cc1ccc(Cl)cc1NC(=O)C1CCc2ncsc2C1. The molecule has 0 saturated heterocycles. The number of thiazole rings is 1. The van der Waals surface area contributed by atoms with Gasteiger partial charge in [0.15, 0.2) is 0 Å². The number of anilines is 1. The molecule has 0 bridgehead atoms. The van der Waals surface area contributed by atoms with E-state index in [9.17, 15) is 4.79 Å². The number of halogens is 1. The molecule has 0 saturated carbocycles. The Balaban J connectivity index is 1.73. The summed E-state index contributed by atoms with van der Waals surface area (Å²) >= 11 is 7.63. The van der Waals surface area contributed by atoms with Crippen molar-refractivity contribution in [1.29, 1.82) is 0 Å². The van der Waals surface area contributed by atoms with Gasteiger partial charge in [0.1, 0.15) is 0 Å². The summed E-state index contributed by atoms with van der Waals surface area (Å²) < 4.78 is 0. The fourth-order valence-corrected chi connectivity index (χ4v) is 3.56. The first-order valence-electron chi connectivity index (χ1n) is 6.62. The number of carbonyl (C=O) groups is 1. The van der Waals surface area contributed by atoms with Crippen LogP contribution in [-0.4, -0.2) is 10.9 Å². The number of benzene rings is 1. The number of carbonyl (C=O) groups excluding carboxylic acids is 1. The smallest absolute Gasteiger partial charge is 0.227 e. The summed E-state index contributed by atoms with van der Waals surface area (Å²) in [4.78, 5) is 18.0. The molecule has 0 spiro atoms. The summed E-state index contributed by atoms with van der Waals surface area (Å²) in [6, 6.07) is 5.55. The monoisotopic (exact) mass is 306 g/mol. The van der Waals surface area contributed by atoms with Crippen LogP contribution in [0.15, 0.2) is 23.7 Å². The van der Waals surface area contributed by atoms with Gasteiger partial charge in [-0.05, 0) is 43.9 Å². The van der Waals surface area contributed by atoms with Crippen LogP contribution in [0.2, 0.25) is 5.02 Å². The van der Waals surface area contributed by atoms with Crippen molar-refractivity contribution in [2.24, 2.45) is 5.92 Å². The van der Waals surface area contributed by atoms with Crippen molar-refractivity contribution in [1.82, 2.24) is 4.98 Å². The number of hydrogen-bond donors (Lipinski definition) is 1. The molecule has 1 unspecified atom stereocenters. The van der Waals surface area contributed by atoms with Crippen molar-refractivity contribution in [2.75, 3.05) is 5.32 Å². The van der Waals surface area contributed by atoms with Gasteiger partial charge in [-0.25, -0.2) is 4.98 Å². The third-order valence-electron chi connectivity index (χ3n) is 3.72. The average molecular weight is 307 g/mol. The van der Waals surface area contributed by atoms with Crippen LogP contribution in [-0.2, 0) is 17.6 Å². The van der Waals surface area contributed by atoms with Gasteiger partial charge in [0, 0.05) is 21.5 Å². The van der Waals surface area contributed by atoms with Crippen molar-refractivity contribution in [3.63, 3.8) is 0 Å². The van der Waals surface area contributed by atoms with Crippen LogP contribution in [0, 0.1) is 12.8 Å². The Kier molecular flexibility index (Phi) is 3.76. The molecule has 1 heterocycles. The van der Waals surface area contributed by atoms with Gasteiger partial charge in [-0.2, -0.15) is 0 Å². The van der Waals surface area contributed by atoms with Crippen LogP contribution in [0.5, 0.6) is 0 Å². The molecule has 0 aliphatic heterocycles. The summed E-state index contributed by atoms with van der Waals surface area (Å²) in [5.41, 5.74) is 4.86. The lowest BCUT2D eigenvalue weighted by atomic mass is 9.90. The van der Waals surface area contributed by atoms with Gasteiger partial charge >= 0.3 is 0 Å². The van der Waals surface area contributed by atoms with Crippen LogP contribution >= 0.6 is 22.9 Å². The molecule has 1 aromatic carbocycles. The number of amides is 1. The standard InChI is InChI=1S/C15H15ClN2OS/c1-9-2-4-11(16)7-13(9)18-15(19)10-3-5-12-14(6-10)20-8-17-12/h2,4,7-8,10H,3,5-6H2,1H3,(H,18,19). The van der Waals surface area contributed by atoms with Crippen molar-refractivity contribution in [3.05, 3.63) is 44.9 Å². The first-order chi connectivity index (χ1) is 9.63. The van der Waals surface area contributed by atoms with Gasteiger partial charge in [0.05, 0.1) is 11.2 Å². The van der Waals surface area contributed by atoms with E-state index in [4.69, 9.17) is 11.6 Å². The third-order valence-corrected chi connectivity index (χ3v) is 4.85. The van der Waals surface area contributed by atoms with E-state index in [0.717, 1.165) is 36.2 Å². The molecule has 2 aromatic rings. The number of aromatic nitrogens is 1. The Hall–Kier alpha value is -1.39. The zero-order valence-electron chi connectivity index (χ0n) is 11.1. The first kappa shape index (κ1) is 13.6. The Labute approximate surface area is 127 Å². The molecule has 0 fully saturated rings. The number of rotatable bonds is 2. The van der Waals surface area contributed by atoms with Crippen molar-refractivity contribution in [3.8, 4) is 0 Å². The average Bonchev–Trinajstić information content (AvgIpc) is 2.90. The van der Waals surface area contributed by atoms with E-state index in [2.05, 4.69) is 10.3 Å². The molecule has 3 nitrogen and oxygen atoms in total. The fourth-order valence-electron chi connectivity index (χ4n) is 2.49. The third kappa shape index (κ3) is 2.72. The van der Waals surface area contributed by atoms with Crippen LogP contribution in [0.1, 0.15) is 22.6 Å². The molecule has 0 radical (unpaired) electrons. The molecule has 104 valence electrons. The minimum absolute atomic E-state index is 0.0290. The second-order valence-corrected chi connectivity index (χ2v) is 6.49. The molecule has 1 N–H and O–H groups in total. The molecular formula is C15H15ClN2OS. The summed E-state index contributed by atoms with van der Waals surface area (Å²) in [6.45, 7) is 1.97. The molecular weight excluding hydrogens is 292 g/mol. The second-order valence-electron chi connectivity index (χ2n) is 5.11. The predicted molar refractivity (Wildman–Crippen MR) is 82.4 cm³/mol. The molecule has 1 atom stereocenters. The van der Waals surface area contributed by atoms with Gasteiger partial charge in [0.2, 0.25) is 5.91 Å². The van der Waals surface area contributed by atoms with E-state index >= 15 is 0 Å². The predicted octanol–water partition coefficient (Wildman–Crippen LogP) is 3.85. The number of nitrogens with one attached hydrogen (secondary N) is 1. The lowest BCUT2D eigenvalue weighted by molar-refractivity contribution is -0.120. The van der Waals surface area contributed by atoms with Crippen LogP contribution in [0.4, 0.5) is 5.69 Å². The highest BCUT2D eigenvalue weighted by Crippen LogP contribution is 2.29. The quantitative estimate of drug-likeness (QED) is 0.915. The van der Waals surface area contributed by atoms with Crippen LogP contribution < -0.4 is 5.32 Å². The topological polar surface area (TPSA) is 42.0 Å². The second kappa shape index (κ2) is 5.54. The van der Waals surface area contributed by atoms with Gasteiger partial charge < -0.3 is 5.32 Å². The van der Waals surface area contributed by atoms with E-state index in [-0.39, 0.29) is 11.8 Å². The summed E-state index contributed by atoms with van der Waals surface area (Å²) in [5.74, 6) is 0.107. The Morgan fingerprint density at radius 1 is 1.50 bits per heavy atom. The molecule has 1 aliphatic carbocycles.